The number of anilines is 1. The third-order valence-electron chi connectivity index (χ3n) is 6.17. The Morgan fingerprint density at radius 2 is 2.03 bits per heavy atom. The van der Waals surface area contributed by atoms with Crippen molar-refractivity contribution in [3.63, 3.8) is 0 Å². The summed E-state index contributed by atoms with van der Waals surface area (Å²) in [5, 5.41) is 15.4. The summed E-state index contributed by atoms with van der Waals surface area (Å²) in [7, 11) is 0. The minimum atomic E-state index is -0.518. The number of aromatic nitrogens is 4. The molecule has 0 saturated heterocycles. The maximum absolute atomic E-state index is 14.1. The summed E-state index contributed by atoms with van der Waals surface area (Å²) in [5.41, 5.74) is 2.54. The van der Waals surface area contributed by atoms with E-state index >= 15 is 0 Å². The van der Waals surface area contributed by atoms with Gasteiger partial charge in [0, 0.05) is 23.3 Å². The van der Waals surface area contributed by atoms with Gasteiger partial charge in [0.25, 0.3) is 0 Å². The monoisotopic (exact) mass is 541 g/mol. The first-order chi connectivity index (χ1) is 16.8. The third-order valence-corrected chi connectivity index (χ3v) is 6.76. The molecule has 0 saturated carbocycles. The van der Waals surface area contributed by atoms with Crippen molar-refractivity contribution in [2.24, 2.45) is 5.41 Å². The Morgan fingerprint density at radius 1 is 1.23 bits per heavy atom. The molecule has 1 aliphatic carbocycles. The van der Waals surface area contributed by atoms with E-state index in [2.05, 4.69) is 50.6 Å². The Kier molecular flexibility index (Phi) is 6.08. The fourth-order valence-corrected chi connectivity index (χ4v) is 5.27. The van der Waals surface area contributed by atoms with E-state index in [-0.39, 0.29) is 23.6 Å². The number of benzene rings is 2. The van der Waals surface area contributed by atoms with Crippen LogP contribution in [0.25, 0.3) is 0 Å². The normalized spacial score (nSPS) is 18.5. The first-order valence-electron chi connectivity index (χ1n) is 11.4. The van der Waals surface area contributed by atoms with Crippen LogP contribution in [-0.4, -0.2) is 32.6 Å². The van der Waals surface area contributed by atoms with Gasteiger partial charge in [-0.3, -0.25) is 4.79 Å². The van der Waals surface area contributed by atoms with Crippen LogP contribution >= 0.6 is 15.9 Å². The smallest absolute Gasteiger partial charge is 0.248 e. The third kappa shape index (κ3) is 4.42. The van der Waals surface area contributed by atoms with Gasteiger partial charge in [-0.2, -0.15) is 4.68 Å². The highest BCUT2D eigenvalue weighted by atomic mass is 79.9. The van der Waals surface area contributed by atoms with Gasteiger partial charge in [0.2, 0.25) is 5.95 Å². The van der Waals surface area contributed by atoms with Crippen molar-refractivity contribution >= 4 is 27.7 Å². The number of fused-ring (bicyclic) bond motifs is 1. The van der Waals surface area contributed by atoms with Crippen LogP contribution in [-0.2, 0) is 11.4 Å². The van der Waals surface area contributed by atoms with E-state index in [1.165, 1.54) is 6.07 Å². The minimum absolute atomic E-state index is 0.0397. The second-order valence-corrected chi connectivity index (χ2v) is 10.3. The fourth-order valence-electron chi connectivity index (χ4n) is 4.69. The average molecular weight is 542 g/mol. The highest BCUT2D eigenvalue weighted by Crippen LogP contribution is 2.47. The lowest BCUT2D eigenvalue weighted by molar-refractivity contribution is -0.118. The first kappa shape index (κ1) is 23.5. The molecule has 3 aromatic rings. The van der Waals surface area contributed by atoms with Crippen LogP contribution in [0.3, 0.4) is 0 Å². The molecule has 1 atom stereocenters. The van der Waals surface area contributed by atoms with Gasteiger partial charge in [0.15, 0.2) is 17.3 Å². The van der Waals surface area contributed by atoms with Gasteiger partial charge < -0.3 is 14.8 Å². The molecule has 0 radical (unpaired) electrons. The number of carbonyl (C=O) groups excluding carboxylic acids is 1. The van der Waals surface area contributed by atoms with Crippen LogP contribution in [0.2, 0.25) is 0 Å². The molecule has 0 fully saturated rings. The van der Waals surface area contributed by atoms with Gasteiger partial charge in [-0.15, -0.1) is 0 Å². The predicted octanol–water partition coefficient (Wildman–Crippen LogP) is 5.21. The van der Waals surface area contributed by atoms with E-state index in [1.807, 2.05) is 19.1 Å². The van der Waals surface area contributed by atoms with Gasteiger partial charge in [0.05, 0.1) is 11.1 Å². The van der Waals surface area contributed by atoms with Gasteiger partial charge in [0.1, 0.15) is 18.5 Å². The number of nitrogens with zero attached hydrogens (tertiary/aromatic N) is 4. The summed E-state index contributed by atoms with van der Waals surface area (Å²) < 4.78 is 28.3. The van der Waals surface area contributed by atoms with E-state index in [4.69, 9.17) is 9.47 Å². The number of ketones is 1. The Morgan fingerprint density at radius 3 is 2.80 bits per heavy atom. The molecule has 2 aliphatic rings. The van der Waals surface area contributed by atoms with Crippen LogP contribution in [0, 0.1) is 11.2 Å². The molecule has 2 heterocycles. The van der Waals surface area contributed by atoms with E-state index < -0.39 is 6.04 Å². The minimum Gasteiger partial charge on any atom is -0.490 e. The van der Waals surface area contributed by atoms with Crippen molar-refractivity contribution in [3.8, 4) is 11.5 Å². The van der Waals surface area contributed by atoms with Gasteiger partial charge in [-0.05, 0) is 68.9 Å². The Bertz CT molecular complexity index is 1340. The number of hydrogen-bond acceptors (Lipinski definition) is 7. The molecular weight excluding hydrogens is 517 g/mol. The lowest BCUT2D eigenvalue weighted by atomic mass is 9.73. The van der Waals surface area contributed by atoms with Crippen molar-refractivity contribution in [2.75, 3.05) is 11.9 Å². The van der Waals surface area contributed by atoms with Crippen LogP contribution in [0.4, 0.5) is 10.3 Å². The van der Waals surface area contributed by atoms with Crippen molar-refractivity contribution in [1.29, 1.82) is 0 Å². The summed E-state index contributed by atoms with van der Waals surface area (Å²) in [4.78, 5) is 13.3. The Hall–Kier alpha value is -3.27. The Labute approximate surface area is 210 Å². The second kappa shape index (κ2) is 9.07. The molecule has 0 bridgehead atoms. The molecule has 0 spiro atoms. The number of halogens is 2. The zero-order valence-electron chi connectivity index (χ0n) is 19.6. The maximum Gasteiger partial charge on any atom is 0.248 e. The summed E-state index contributed by atoms with van der Waals surface area (Å²) in [5.74, 6) is 1.14. The van der Waals surface area contributed by atoms with Gasteiger partial charge in [-0.25, -0.2) is 4.39 Å². The van der Waals surface area contributed by atoms with E-state index in [0.29, 0.717) is 52.5 Å². The second-order valence-electron chi connectivity index (χ2n) is 9.45. The quantitative estimate of drug-likeness (QED) is 0.457. The lowest BCUT2D eigenvalue weighted by Gasteiger charge is -2.38. The largest absolute Gasteiger partial charge is 0.490 e. The standard InChI is InChI=1S/C25H25BrFN5O3/c1-4-34-20-10-15(9-16(26)23(20)35-13-14-7-5-6-8-17(14)27)22-21-18(11-25(2,3)12-19(21)33)28-24-29-30-31-32(22)24/h5-10,22H,4,11-13H2,1-3H3,(H,28,29,31). The number of carbonyl (C=O) groups is 1. The number of allylic oxidation sites excluding steroid dienone is 2. The number of rotatable bonds is 6. The summed E-state index contributed by atoms with van der Waals surface area (Å²) >= 11 is 3.60. The molecule has 1 N–H and O–H groups in total. The molecular formula is C25H25BrFN5O3. The lowest BCUT2D eigenvalue weighted by Crippen LogP contribution is -2.36. The maximum atomic E-state index is 14.1. The van der Waals surface area contributed by atoms with Crippen molar-refractivity contribution < 1.29 is 18.7 Å². The van der Waals surface area contributed by atoms with Crippen LogP contribution in [0.1, 0.15) is 50.8 Å². The number of nitrogens with one attached hydrogen (secondary N) is 1. The van der Waals surface area contributed by atoms with Crippen LogP contribution < -0.4 is 14.8 Å². The van der Waals surface area contributed by atoms with Gasteiger partial charge in [-0.1, -0.05) is 37.1 Å². The predicted molar refractivity (Wildman–Crippen MR) is 131 cm³/mol. The van der Waals surface area contributed by atoms with Crippen molar-refractivity contribution in [3.05, 3.63) is 69.1 Å². The Balaban J connectivity index is 1.57. The molecule has 5 rings (SSSR count). The van der Waals surface area contributed by atoms with E-state index in [1.54, 1.807) is 22.9 Å². The van der Waals surface area contributed by atoms with E-state index in [9.17, 15) is 9.18 Å². The van der Waals surface area contributed by atoms with Crippen molar-refractivity contribution in [1.82, 2.24) is 20.2 Å². The average Bonchev–Trinajstić information content (AvgIpc) is 3.25. The first-order valence-corrected chi connectivity index (χ1v) is 12.2. The van der Waals surface area contributed by atoms with Crippen LogP contribution in [0.5, 0.6) is 11.5 Å². The number of ether oxygens (including phenoxy) is 2. The molecule has 10 heteroatoms. The number of hydrogen-bond donors (Lipinski definition) is 1. The zero-order chi connectivity index (χ0) is 24.7. The molecule has 1 unspecified atom stereocenters. The zero-order valence-corrected chi connectivity index (χ0v) is 21.2. The number of Topliss-reactive ketones (excluding diaryl/α,β-unsaturated/α-hetero) is 1. The molecule has 0 amide bonds. The summed E-state index contributed by atoms with van der Waals surface area (Å²) in [6, 6.07) is 9.67. The fraction of sp³-hybridized carbons (Fsp3) is 0.360. The van der Waals surface area contributed by atoms with Gasteiger partial charge >= 0.3 is 0 Å². The van der Waals surface area contributed by atoms with Crippen molar-refractivity contribution in [2.45, 2.75) is 46.3 Å². The molecule has 2 aromatic carbocycles. The molecule has 1 aromatic heterocycles. The topological polar surface area (TPSA) is 91.2 Å². The highest BCUT2D eigenvalue weighted by Gasteiger charge is 2.42. The SMILES string of the molecule is CCOc1cc(C2C3=C(CC(C)(C)CC3=O)Nc3nnnn32)cc(Br)c1OCc1ccccc1F. The molecule has 182 valence electrons. The number of tetrazole rings is 1. The van der Waals surface area contributed by atoms with E-state index in [0.717, 1.165) is 11.3 Å². The summed E-state index contributed by atoms with van der Waals surface area (Å²) in [6.07, 6.45) is 1.14. The molecule has 8 nitrogen and oxygen atoms in total. The highest BCUT2D eigenvalue weighted by molar-refractivity contribution is 9.10. The molecule has 1 aliphatic heterocycles. The summed E-state index contributed by atoms with van der Waals surface area (Å²) in [6.45, 7) is 6.47. The molecule has 35 heavy (non-hydrogen) atoms. The van der Waals surface area contributed by atoms with Crippen LogP contribution in [0.15, 0.2) is 52.1 Å².